The van der Waals surface area contributed by atoms with E-state index in [0.29, 0.717) is 6.42 Å². The van der Waals surface area contributed by atoms with E-state index in [1.807, 2.05) is 61.5 Å². The molecule has 4 heteroatoms. The van der Waals surface area contributed by atoms with Gasteiger partial charge >= 0.3 is 0 Å². The maximum atomic E-state index is 12.4. The highest BCUT2D eigenvalue weighted by Gasteiger charge is 2.22. The van der Waals surface area contributed by atoms with E-state index in [1.54, 1.807) is 0 Å². The molecule has 0 spiro atoms. The number of carbonyl (C=O) groups is 1. The molecule has 2 aromatic rings. The van der Waals surface area contributed by atoms with Crippen LogP contribution in [0.2, 0.25) is 0 Å². The van der Waals surface area contributed by atoms with Crippen molar-refractivity contribution in [3.8, 4) is 0 Å². The van der Waals surface area contributed by atoms with Gasteiger partial charge in [-0.15, -0.1) is 0 Å². The van der Waals surface area contributed by atoms with Gasteiger partial charge in [0.15, 0.2) is 0 Å². The Balaban J connectivity index is 2.13. The minimum absolute atomic E-state index is 0.166. The standard InChI is InChI=1S/C17H18N2OS/c1-12-7-5-6-10-15(12)19-17(20)14(16(18)21)11-13-8-3-2-4-9-13/h2-10,14H,11H2,1H3,(H2,18,21)(H,19,20). The second-order valence-corrected chi connectivity index (χ2v) is 5.42. The maximum absolute atomic E-state index is 12.4. The second kappa shape index (κ2) is 6.99. The number of para-hydroxylation sites is 1. The minimum Gasteiger partial charge on any atom is -0.393 e. The van der Waals surface area contributed by atoms with Crippen LogP contribution in [0.15, 0.2) is 54.6 Å². The van der Waals surface area contributed by atoms with Gasteiger partial charge in [0, 0.05) is 5.69 Å². The third-order valence-electron chi connectivity index (χ3n) is 3.35. The van der Waals surface area contributed by atoms with Crippen LogP contribution in [-0.4, -0.2) is 10.9 Å². The molecule has 0 saturated heterocycles. The van der Waals surface area contributed by atoms with Crippen LogP contribution in [0.1, 0.15) is 11.1 Å². The molecule has 3 N–H and O–H groups in total. The van der Waals surface area contributed by atoms with Crippen LogP contribution in [0.3, 0.4) is 0 Å². The lowest BCUT2D eigenvalue weighted by molar-refractivity contribution is -0.118. The monoisotopic (exact) mass is 298 g/mol. The molecule has 2 aromatic carbocycles. The number of hydrogen-bond acceptors (Lipinski definition) is 2. The molecule has 0 fully saturated rings. The number of hydrogen-bond donors (Lipinski definition) is 2. The van der Waals surface area contributed by atoms with Crippen LogP contribution in [0.5, 0.6) is 0 Å². The summed E-state index contributed by atoms with van der Waals surface area (Å²) in [7, 11) is 0. The van der Waals surface area contributed by atoms with E-state index in [-0.39, 0.29) is 10.9 Å². The minimum atomic E-state index is -0.512. The number of nitrogens with two attached hydrogens (primary N) is 1. The zero-order valence-electron chi connectivity index (χ0n) is 11.9. The first-order chi connectivity index (χ1) is 10.1. The number of thiocarbonyl (C=S) groups is 1. The summed E-state index contributed by atoms with van der Waals surface area (Å²) < 4.78 is 0. The topological polar surface area (TPSA) is 55.1 Å². The molecule has 2 rings (SSSR count). The molecule has 3 nitrogen and oxygen atoms in total. The molecule has 0 radical (unpaired) electrons. The zero-order valence-corrected chi connectivity index (χ0v) is 12.7. The SMILES string of the molecule is Cc1ccccc1NC(=O)C(Cc1ccccc1)C(N)=S. The van der Waals surface area contributed by atoms with Crippen molar-refractivity contribution >= 4 is 28.8 Å². The van der Waals surface area contributed by atoms with Gasteiger partial charge < -0.3 is 11.1 Å². The summed E-state index contributed by atoms with van der Waals surface area (Å²) in [6, 6.07) is 17.4. The number of carbonyl (C=O) groups excluding carboxylic acids is 1. The molecule has 0 aliphatic rings. The average molecular weight is 298 g/mol. The molecule has 21 heavy (non-hydrogen) atoms. The number of amides is 1. The Labute approximate surface area is 130 Å². The molecule has 0 aliphatic carbocycles. The third-order valence-corrected chi connectivity index (χ3v) is 3.63. The Kier molecular flexibility index (Phi) is 5.06. The Hall–Kier alpha value is -2.20. The Bertz CT molecular complexity index is 640. The lowest BCUT2D eigenvalue weighted by atomic mass is 9.98. The Morgan fingerprint density at radius 3 is 2.38 bits per heavy atom. The zero-order chi connectivity index (χ0) is 15.2. The number of anilines is 1. The van der Waals surface area contributed by atoms with E-state index in [1.165, 1.54) is 0 Å². The number of aryl methyl sites for hydroxylation is 1. The van der Waals surface area contributed by atoms with E-state index >= 15 is 0 Å². The largest absolute Gasteiger partial charge is 0.393 e. The van der Waals surface area contributed by atoms with Crippen molar-refractivity contribution in [3.63, 3.8) is 0 Å². The normalized spacial score (nSPS) is 11.7. The van der Waals surface area contributed by atoms with E-state index < -0.39 is 5.92 Å². The lowest BCUT2D eigenvalue weighted by Crippen LogP contribution is -2.35. The summed E-state index contributed by atoms with van der Waals surface area (Å²) in [5, 5.41) is 2.91. The molecule has 0 aromatic heterocycles. The van der Waals surface area contributed by atoms with Crippen LogP contribution in [0.25, 0.3) is 0 Å². The summed E-state index contributed by atoms with van der Waals surface area (Å²) in [6.07, 6.45) is 0.508. The van der Waals surface area contributed by atoms with Crippen molar-refractivity contribution in [1.29, 1.82) is 0 Å². The summed E-state index contributed by atoms with van der Waals surface area (Å²) in [5.41, 5.74) is 8.58. The summed E-state index contributed by atoms with van der Waals surface area (Å²) >= 11 is 5.06. The lowest BCUT2D eigenvalue weighted by Gasteiger charge is -2.16. The van der Waals surface area contributed by atoms with Gasteiger partial charge in [0.05, 0.1) is 10.9 Å². The Morgan fingerprint density at radius 2 is 1.76 bits per heavy atom. The molecular formula is C17H18N2OS. The quantitative estimate of drug-likeness (QED) is 0.834. The number of nitrogens with one attached hydrogen (secondary N) is 1. The maximum Gasteiger partial charge on any atom is 0.234 e. The molecule has 0 saturated carbocycles. The summed E-state index contributed by atoms with van der Waals surface area (Å²) in [6.45, 7) is 1.95. The van der Waals surface area contributed by atoms with Crippen molar-refractivity contribution in [2.75, 3.05) is 5.32 Å². The molecule has 0 heterocycles. The number of benzene rings is 2. The van der Waals surface area contributed by atoms with E-state index in [4.69, 9.17) is 18.0 Å². The molecule has 1 unspecified atom stereocenters. The molecule has 1 atom stereocenters. The second-order valence-electron chi connectivity index (χ2n) is 4.95. The first-order valence-electron chi connectivity index (χ1n) is 6.77. The fraction of sp³-hybridized carbons (Fsp3) is 0.176. The highest BCUT2D eigenvalue weighted by atomic mass is 32.1. The smallest absolute Gasteiger partial charge is 0.234 e. The highest BCUT2D eigenvalue weighted by molar-refractivity contribution is 7.80. The molecule has 0 aliphatic heterocycles. The fourth-order valence-electron chi connectivity index (χ4n) is 2.11. The van der Waals surface area contributed by atoms with Crippen LogP contribution in [0, 0.1) is 12.8 Å². The average Bonchev–Trinajstić information content (AvgIpc) is 2.48. The molecule has 108 valence electrons. The van der Waals surface area contributed by atoms with Gasteiger partial charge in [-0.25, -0.2) is 0 Å². The van der Waals surface area contributed by atoms with Crippen LogP contribution < -0.4 is 11.1 Å². The summed E-state index contributed by atoms with van der Waals surface area (Å²) in [5.74, 6) is -0.678. The molecular weight excluding hydrogens is 280 g/mol. The predicted octanol–water partition coefficient (Wildman–Crippen LogP) is 3.08. The van der Waals surface area contributed by atoms with Gasteiger partial charge in [-0.05, 0) is 30.5 Å². The summed E-state index contributed by atoms with van der Waals surface area (Å²) in [4.78, 5) is 12.6. The van der Waals surface area contributed by atoms with E-state index in [0.717, 1.165) is 16.8 Å². The van der Waals surface area contributed by atoms with Crippen molar-refractivity contribution < 1.29 is 4.79 Å². The van der Waals surface area contributed by atoms with Gasteiger partial charge in [0.25, 0.3) is 0 Å². The third kappa shape index (κ3) is 4.13. The van der Waals surface area contributed by atoms with Crippen molar-refractivity contribution in [2.45, 2.75) is 13.3 Å². The van der Waals surface area contributed by atoms with Gasteiger partial charge in [-0.3, -0.25) is 4.79 Å². The molecule has 0 bridgehead atoms. The van der Waals surface area contributed by atoms with Gasteiger partial charge in [0.1, 0.15) is 0 Å². The van der Waals surface area contributed by atoms with Crippen LogP contribution in [-0.2, 0) is 11.2 Å². The van der Waals surface area contributed by atoms with Gasteiger partial charge in [-0.1, -0.05) is 60.7 Å². The van der Waals surface area contributed by atoms with Crippen molar-refractivity contribution in [3.05, 3.63) is 65.7 Å². The van der Waals surface area contributed by atoms with Crippen molar-refractivity contribution in [1.82, 2.24) is 0 Å². The first kappa shape index (κ1) is 15.2. The Morgan fingerprint density at radius 1 is 1.14 bits per heavy atom. The van der Waals surface area contributed by atoms with Gasteiger partial charge in [-0.2, -0.15) is 0 Å². The number of rotatable bonds is 5. The van der Waals surface area contributed by atoms with Crippen LogP contribution >= 0.6 is 12.2 Å². The first-order valence-corrected chi connectivity index (χ1v) is 7.18. The predicted molar refractivity (Wildman–Crippen MR) is 90.2 cm³/mol. The van der Waals surface area contributed by atoms with E-state index in [2.05, 4.69) is 5.32 Å². The highest BCUT2D eigenvalue weighted by Crippen LogP contribution is 2.16. The van der Waals surface area contributed by atoms with Crippen LogP contribution in [0.4, 0.5) is 5.69 Å². The van der Waals surface area contributed by atoms with Crippen molar-refractivity contribution in [2.24, 2.45) is 11.7 Å². The van der Waals surface area contributed by atoms with Gasteiger partial charge in [0.2, 0.25) is 5.91 Å². The van der Waals surface area contributed by atoms with E-state index in [9.17, 15) is 4.79 Å². The molecule has 1 amide bonds. The fourth-order valence-corrected chi connectivity index (χ4v) is 2.30.